The maximum atomic E-state index is 12.0. The van der Waals surface area contributed by atoms with Crippen LogP contribution in [0.5, 0.6) is 0 Å². The summed E-state index contributed by atoms with van der Waals surface area (Å²) in [6, 6.07) is 0. The first kappa shape index (κ1) is 15.0. The minimum atomic E-state index is -5.58. The number of carbonyl (C=O) groups is 1. The molecule has 0 saturated heterocycles. The first-order valence-electron chi connectivity index (χ1n) is 4.37. The monoisotopic (exact) mass is 248 g/mol. The lowest BCUT2D eigenvalue weighted by Gasteiger charge is -2.21. The van der Waals surface area contributed by atoms with Crippen molar-refractivity contribution in [3.63, 3.8) is 0 Å². The van der Waals surface area contributed by atoms with Crippen molar-refractivity contribution in [2.45, 2.75) is 31.6 Å². The summed E-state index contributed by atoms with van der Waals surface area (Å²) >= 11 is 0. The summed E-state index contributed by atoms with van der Waals surface area (Å²) in [5.74, 6) is -5.72. The van der Waals surface area contributed by atoms with E-state index in [9.17, 15) is 31.1 Å². The molecule has 0 aliphatic heterocycles. The maximum absolute atomic E-state index is 12.0. The van der Waals surface area contributed by atoms with E-state index >= 15 is 0 Å². The fourth-order valence-corrected chi connectivity index (χ4v) is 1.12. The molecular formula is C9H10F6O. The second-order valence-electron chi connectivity index (χ2n) is 3.16. The third-order valence-electron chi connectivity index (χ3n) is 1.81. The predicted molar refractivity (Wildman–Crippen MR) is 44.7 cm³/mol. The molecule has 0 rings (SSSR count). The molecule has 0 aromatic rings. The Bertz CT molecular complexity index is 238. The highest BCUT2D eigenvalue weighted by Gasteiger charge is 2.60. The number of alkyl halides is 6. The van der Waals surface area contributed by atoms with Crippen molar-refractivity contribution in [2.75, 3.05) is 0 Å². The lowest BCUT2D eigenvalue weighted by atomic mass is 9.98. The Morgan fingerprint density at radius 3 is 1.88 bits per heavy atom. The zero-order chi connectivity index (χ0) is 13.0. The molecule has 0 atom stereocenters. The average Bonchev–Trinajstić information content (AvgIpc) is 1.98. The molecule has 16 heavy (non-hydrogen) atoms. The van der Waals surface area contributed by atoms with E-state index in [1.807, 2.05) is 0 Å². The molecule has 0 aromatic carbocycles. The van der Waals surface area contributed by atoms with Crippen molar-refractivity contribution in [2.24, 2.45) is 5.92 Å². The number of halogens is 6. The molecule has 1 nitrogen and oxygen atoms in total. The summed E-state index contributed by atoms with van der Waals surface area (Å²) in [4.78, 5) is 10.8. The van der Waals surface area contributed by atoms with Gasteiger partial charge in [-0.25, -0.2) is 0 Å². The van der Waals surface area contributed by atoms with Crippen LogP contribution in [0.4, 0.5) is 26.3 Å². The van der Waals surface area contributed by atoms with Crippen molar-refractivity contribution in [1.82, 2.24) is 0 Å². The van der Waals surface area contributed by atoms with Crippen molar-refractivity contribution in [3.05, 3.63) is 12.7 Å². The lowest BCUT2D eigenvalue weighted by Crippen LogP contribution is -2.42. The third kappa shape index (κ3) is 4.67. The SMILES string of the molecule is C=CCCCC(=O)C(C(F)(F)F)C(F)(F)F. The number of hydrogen-bond donors (Lipinski definition) is 0. The zero-order valence-electron chi connectivity index (χ0n) is 8.16. The lowest BCUT2D eigenvalue weighted by molar-refractivity contribution is -0.273. The van der Waals surface area contributed by atoms with Crippen LogP contribution in [0.1, 0.15) is 19.3 Å². The van der Waals surface area contributed by atoms with Crippen LogP contribution in [-0.4, -0.2) is 18.1 Å². The highest BCUT2D eigenvalue weighted by Crippen LogP contribution is 2.40. The van der Waals surface area contributed by atoms with Crippen LogP contribution in [0.2, 0.25) is 0 Å². The predicted octanol–water partition coefficient (Wildman–Crippen LogP) is 3.65. The van der Waals surface area contributed by atoms with Crippen molar-refractivity contribution in [3.8, 4) is 0 Å². The van der Waals surface area contributed by atoms with Gasteiger partial charge in [0.2, 0.25) is 5.92 Å². The standard InChI is InChI=1S/C9H10F6O/c1-2-3-4-5-6(16)7(8(10,11)12)9(13,14)15/h2,7H,1,3-5H2. The van der Waals surface area contributed by atoms with E-state index in [2.05, 4.69) is 6.58 Å². The number of hydrogen-bond acceptors (Lipinski definition) is 1. The van der Waals surface area contributed by atoms with Gasteiger partial charge in [0.1, 0.15) is 0 Å². The molecule has 94 valence electrons. The van der Waals surface area contributed by atoms with Gasteiger partial charge in [-0.3, -0.25) is 4.79 Å². The molecule has 0 saturated carbocycles. The molecule has 0 spiro atoms. The van der Waals surface area contributed by atoms with Crippen LogP contribution in [0.3, 0.4) is 0 Å². The Morgan fingerprint density at radius 2 is 1.56 bits per heavy atom. The van der Waals surface area contributed by atoms with Crippen LogP contribution in [0, 0.1) is 5.92 Å². The molecule has 0 N–H and O–H groups in total. The number of Topliss-reactive ketones (excluding diaryl/α,β-unsaturated/α-hetero) is 1. The van der Waals surface area contributed by atoms with Gasteiger partial charge in [0.25, 0.3) is 0 Å². The summed E-state index contributed by atoms with van der Waals surface area (Å²) < 4.78 is 72.1. The van der Waals surface area contributed by atoms with E-state index < -0.39 is 30.5 Å². The molecule has 0 aromatic heterocycles. The van der Waals surface area contributed by atoms with Gasteiger partial charge in [-0.05, 0) is 12.8 Å². The number of unbranched alkanes of at least 4 members (excludes halogenated alkanes) is 1. The molecule has 0 amide bonds. The Balaban J connectivity index is 4.66. The molecule has 0 aliphatic carbocycles. The van der Waals surface area contributed by atoms with E-state index in [4.69, 9.17) is 0 Å². The summed E-state index contributed by atoms with van der Waals surface area (Å²) in [6.07, 6.45) is -10.5. The minimum absolute atomic E-state index is 0.0645. The molecule has 0 aliphatic rings. The number of ketones is 1. The van der Waals surface area contributed by atoms with Crippen LogP contribution < -0.4 is 0 Å². The fraction of sp³-hybridized carbons (Fsp3) is 0.667. The summed E-state index contributed by atoms with van der Waals surface area (Å²) in [5.41, 5.74) is 0. The zero-order valence-corrected chi connectivity index (χ0v) is 8.16. The topological polar surface area (TPSA) is 17.1 Å². The molecular weight excluding hydrogens is 238 g/mol. The Hall–Kier alpha value is -1.01. The highest BCUT2D eigenvalue weighted by molar-refractivity contribution is 5.82. The second kappa shape index (κ2) is 5.36. The van der Waals surface area contributed by atoms with Gasteiger partial charge in [-0.15, -0.1) is 6.58 Å². The van der Waals surface area contributed by atoms with Gasteiger partial charge in [0.05, 0.1) is 0 Å². The molecule has 0 fully saturated rings. The third-order valence-corrected chi connectivity index (χ3v) is 1.81. The van der Waals surface area contributed by atoms with Crippen LogP contribution in [0.25, 0.3) is 0 Å². The summed E-state index contributed by atoms with van der Waals surface area (Å²) in [5, 5.41) is 0. The van der Waals surface area contributed by atoms with Gasteiger partial charge < -0.3 is 0 Å². The van der Waals surface area contributed by atoms with Crippen molar-refractivity contribution in [1.29, 1.82) is 0 Å². The largest absolute Gasteiger partial charge is 0.407 e. The summed E-state index contributed by atoms with van der Waals surface area (Å²) in [7, 11) is 0. The van der Waals surface area contributed by atoms with Crippen LogP contribution in [-0.2, 0) is 4.79 Å². The highest BCUT2D eigenvalue weighted by atomic mass is 19.4. The molecule has 0 unspecified atom stereocenters. The van der Waals surface area contributed by atoms with Crippen molar-refractivity contribution < 1.29 is 31.1 Å². The van der Waals surface area contributed by atoms with Crippen LogP contribution >= 0.6 is 0 Å². The number of carbonyl (C=O) groups excluding carboxylic acids is 1. The maximum Gasteiger partial charge on any atom is 0.407 e. The molecule has 0 bridgehead atoms. The molecule has 0 radical (unpaired) electrons. The van der Waals surface area contributed by atoms with E-state index in [1.54, 1.807) is 0 Å². The van der Waals surface area contributed by atoms with Crippen molar-refractivity contribution >= 4 is 5.78 Å². The quantitative estimate of drug-likeness (QED) is 0.412. The second-order valence-corrected chi connectivity index (χ2v) is 3.16. The van der Waals surface area contributed by atoms with Crippen LogP contribution in [0.15, 0.2) is 12.7 Å². The van der Waals surface area contributed by atoms with Gasteiger partial charge in [-0.2, -0.15) is 26.3 Å². The molecule has 7 heteroatoms. The smallest absolute Gasteiger partial charge is 0.299 e. The fourth-order valence-electron chi connectivity index (χ4n) is 1.12. The van der Waals surface area contributed by atoms with Gasteiger partial charge >= 0.3 is 12.4 Å². The van der Waals surface area contributed by atoms with E-state index in [0.29, 0.717) is 0 Å². The summed E-state index contributed by atoms with van der Waals surface area (Å²) in [6.45, 7) is 3.24. The average molecular weight is 248 g/mol. The Labute approximate surface area is 88.1 Å². The van der Waals surface area contributed by atoms with E-state index in [0.717, 1.165) is 0 Å². The number of allylic oxidation sites excluding steroid dienone is 1. The van der Waals surface area contributed by atoms with Gasteiger partial charge in [-0.1, -0.05) is 6.08 Å². The number of rotatable bonds is 5. The van der Waals surface area contributed by atoms with E-state index in [-0.39, 0.29) is 12.8 Å². The van der Waals surface area contributed by atoms with Gasteiger partial charge in [0.15, 0.2) is 5.78 Å². The van der Waals surface area contributed by atoms with E-state index in [1.165, 1.54) is 6.08 Å². The first-order valence-corrected chi connectivity index (χ1v) is 4.37. The first-order chi connectivity index (χ1) is 7.10. The minimum Gasteiger partial charge on any atom is -0.299 e. The Kier molecular flexibility index (Phi) is 5.02. The normalized spacial score (nSPS) is 12.9. The Morgan fingerprint density at radius 1 is 1.12 bits per heavy atom. The van der Waals surface area contributed by atoms with Gasteiger partial charge in [0, 0.05) is 6.42 Å². The molecule has 0 heterocycles.